The average Bonchev–Trinajstić information content (AvgIpc) is 2.47. The van der Waals surface area contributed by atoms with Gasteiger partial charge in [0.25, 0.3) is 0 Å². The molecule has 96 valence electrons. The molecule has 19 heavy (non-hydrogen) atoms. The number of carbonyl (C=O) groups is 2. The molecule has 0 aliphatic rings. The van der Waals surface area contributed by atoms with Gasteiger partial charge >= 0.3 is 5.97 Å². The van der Waals surface area contributed by atoms with E-state index in [9.17, 15) is 9.59 Å². The molecule has 0 aliphatic carbocycles. The molecular weight excluding hydrogens is 242 g/mol. The van der Waals surface area contributed by atoms with Crippen molar-refractivity contribution in [1.82, 2.24) is 4.98 Å². The van der Waals surface area contributed by atoms with E-state index in [0.717, 1.165) is 5.56 Å². The Bertz CT molecular complexity index is 576. The first-order chi connectivity index (χ1) is 9.20. The molecule has 0 saturated heterocycles. The zero-order valence-corrected chi connectivity index (χ0v) is 10.5. The number of Topliss-reactive ketones (excluding diaryl/α,β-unsaturated/α-hetero) is 1. The highest BCUT2D eigenvalue weighted by molar-refractivity contribution is 5.98. The Morgan fingerprint density at radius 2 is 1.79 bits per heavy atom. The van der Waals surface area contributed by atoms with Gasteiger partial charge in [-0.05, 0) is 23.8 Å². The molecule has 2 rings (SSSR count). The standard InChI is InChI=1S/C15H13NO3/c1-19-15(18)13-6-4-12(5-7-13)14(17)9-11-3-2-8-16-10-11/h2-8,10H,9H2,1H3. The summed E-state index contributed by atoms with van der Waals surface area (Å²) in [6.45, 7) is 0. The summed E-state index contributed by atoms with van der Waals surface area (Å²) in [5.74, 6) is -0.421. The van der Waals surface area contributed by atoms with E-state index in [1.54, 1.807) is 42.7 Å². The number of carbonyl (C=O) groups excluding carboxylic acids is 2. The zero-order valence-electron chi connectivity index (χ0n) is 10.5. The van der Waals surface area contributed by atoms with Crippen LogP contribution in [0.5, 0.6) is 0 Å². The molecule has 0 fully saturated rings. The lowest BCUT2D eigenvalue weighted by Crippen LogP contribution is -2.05. The van der Waals surface area contributed by atoms with Gasteiger partial charge in [0.05, 0.1) is 12.7 Å². The quantitative estimate of drug-likeness (QED) is 0.621. The molecule has 0 N–H and O–H groups in total. The number of esters is 1. The number of methoxy groups -OCH3 is 1. The van der Waals surface area contributed by atoms with E-state index in [1.807, 2.05) is 6.07 Å². The SMILES string of the molecule is COC(=O)c1ccc(C(=O)Cc2cccnc2)cc1. The summed E-state index contributed by atoms with van der Waals surface area (Å²) in [6.07, 6.45) is 3.63. The summed E-state index contributed by atoms with van der Waals surface area (Å²) in [6, 6.07) is 10.1. The van der Waals surface area contributed by atoms with Crippen LogP contribution in [0.4, 0.5) is 0 Å². The molecule has 0 unspecified atom stereocenters. The summed E-state index contributed by atoms with van der Waals surface area (Å²) in [5, 5.41) is 0. The number of rotatable bonds is 4. The summed E-state index contributed by atoms with van der Waals surface area (Å²) < 4.78 is 4.60. The molecule has 0 radical (unpaired) electrons. The molecular formula is C15H13NO3. The van der Waals surface area contributed by atoms with E-state index < -0.39 is 5.97 Å². The summed E-state index contributed by atoms with van der Waals surface area (Å²) in [5.41, 5.74) is 1.86. The molecule has 0 spiro atoms. The minimum absolute atomic E-state index is 0.00980. The molecule has 0 amide bonds. The van der Waals surface area contributed by atoms with Gasteiger partial charge < -0.3 is 4.74 Å². The van der Waals surface area contributed by atoms with Crippen molar-refractivity contribution < 1.29 is 14.3 Å². The maximum absolute atomic E-state index is 12.0. The first kappa shape index (κ1) is 13.0. The van der Waals surface area contributed by atoms with Crippen LogP contribution in [0.3, 0.4) is 0 Å². The Balaban J connectivity index is 2.10. The fourth-order valence-electron chi connectivity index (χ4n) is 1.70. The van der Waals surface area contributed by atoms with Crippen molar-refractivity contribution in [2.24, 2.45) is 0 Å². The van der Waals surface area contributed by atoms with Crippen LogP contribution < -0.4 is 0 Å². The molecule has 4 nitrogen and oxygen atoms in total. The fraction of sp³-hybridized carbons (Fsp3) is 0.133. The molecule has 0 saturated carbocycles. The minimum atomic E-state index is -0.411. The summed E-state index contributed by atoms with van der Waals surface area (Å²) >= 11 is 0. The van der Waals surface area contributed by atoms with Crippen molar-refractivity contribution >= 4 is 11.8 Å². The van der Waals surface area contributed by atoms with Gasteiger partial charge in [0.1, 0.15) is 0 Å². The smallest absolute Gasteiger partial charge is 0.337 e. The molecule has 4 heteroatoms. The lowest BCUT2D eigenvalue weighted by molar-refractivity contribution is 0.0600. The molecule has 1 aromatic carbocycles. The topological polar surface area (TPSA) is 56.3 Å². The third-order valence-corrected chi connectivity index (χ3v) is 2.72. The zero-order chi connectivity index (χ0) is 13.7. The second kappa shape index (κ2) is 5.91. The third kappa shape index (κ3) is 3.25. The Labute approximate surface area is 111 Å². The Hall–Kier alpha value is -2.49. The van der Waals surface area contributed by atoms with E-state index in [4.69, 9.17) is 0 Å². The first-order valence-electron chi connectivity index (χ1n) is 5.81. The molecule has 1 heterocycles. The number of pyridine rings is 1. The van der Waals surface area contributed by atoms with Crippen LogP contribution in [0.25, 0.3) is 0 Å². The number of ether oxygens (including phenoxy) is 1. The number of hydrogen-bond donors (Lipinski definition) is 0. The Morgan fingerprint density at radius 1 is 1.11 bits per heavy atom. The number of aromatic nitrogens is 1. The highest BCUT2D eigenvalue weighted by Crippen LogP contribution is 2.09. The van der Waals surface area contributed by atoms with Crippen molar-refractivity contribution in [3.63, 3.8) is 0 Å². The van der Waals surface area contributed by atoms with Gasteiger partial charge in [-0.25, -0.2) is 4.79 Å². The molecule has 0 atom stereocenters. The number of ketones is 1. The van der Waals surface area contributed by atoms with E-state index in [0.29, 0.717) is 17.5 Å². The average molecular weight is 255 g/mol. The molecule has 0 bridgehead atoms. The van der Waals surface area contributed by atoms with Gasteiger partial charge in [0, 0.05) is 24.4 Å². The highest BCUT2D eigenvalue weighted by Gasteiger charge is 2.09. The second-order valence-electron chi connectivity index (χ2n) is 4.03. The maximum Gasteiger partial charge on any atom is 0.337 e. The van der Waals surface area contributed by atoms with Crippen molar-refractivity contribution in [2.45, 2.75) is 6.42 Å². The van der Waals surface area contributed by atoms with E-state index in [1.165, 1.54) is 7.11 Å². The lowest BCUT2D eigenvalue weighted by atomic mass is 10.0. The van der Waals surface area contributed by atoms with Gasteiger partial charge in [-0.15, -0.1) is 0 Å². The van der Waals surface area contributed by atoms with Gasteiger partial charge in [0.2, 0.25) is 0 Å². The van der Waals surface area contributed by atoms with Crippen LogP contribution in [0.15, 0.2) is 48.8 Å². The van der Waals surface area contributed by atoms with Gasteiger partial charge in [0.15, 0.2) is 5.78 Å². The fourth-order valence-corrected chi connectivity index (χ4v) is 1.70. The minimum Gasteiger partial charge on any atom is -0.465 e. The molecule has 0 aliphatic heterocycles. The van der Waals surface area contributed by atoms with E-state index in [-0.39, 0.29) is 5.78 Å². The van der Waals surface area contributed by atoms with Gasteiger partial charge in [-0.1, -0.05) is 18.2 Å². The van der Waals surface area contributed by atoms with Crippen molar-refractivity contribution in [3.05, 3.63) is 65.5 Å². The van der Waals surface area contributed by atoms with Crippen molar-refractivity contribution in [3.8, 4) is 0 Å². The largest absolute Gasteiger partial charge is 0.465 e. The number of benzene rings is 1. The predicted molar refractivity (Wildman–Crippen MR) is 70.1 cm³/mol. The first-order valence-corrected chi connectivity index (χ1v) is 5.81. The third-order valence-electron chi connectivity index (χ3n) is 2.72. The van der Waals surface area contributed by atoms with Gasteiger partial charge in [-0.3, -0.25) is 9.78 Å². The lowest BCUT2D eigenvalue weighted by Gasteiger charge is -2.03. The number of hydrogen-bond acceptors (Lipinski definition) is 4. The van der Waals surface area contributed by atoms with Gasteiger partial charge in [-0.2, -0.15) is 0 Å². The van der Waals surface area contributed by atoms with Crippen LogP contribution >= 0.6 is 0 Å². The highest BCUT2D eigenvalue weighted by atomic mass is 16.5. The van der Waals surface area contributed by atoms with Crippen LogP contribution in [0.1, 0.15) is 26.3 Å². The monoisotopic (exact) mass is 255 g/mol. The van der Waals surface area contributed by atoms with Crippen molar-refractivity contribution in [2.75, 3.05) is 7.11 Å². The number of nitrogens with zero attached hydrogens (tertiary/aromatic N) is 1. The molecule has 2 aromatic rings. The summed E-state index contributed by atoms with van der Waals surface area (Å²) in [4.78, 5) is 27.3. The van der Waals surface area contributed by atoms with Crippen LogP contribution in [0, 0.1) is 0 Å². The predicted octanol–water partition coefficient (Wildman–Crippen LogP) is 2.29. The molecule has 1 aromatic heterocycles. The van der Waals surface area contributed by atoms with Crippen LogP contribution in [0.2, 0.25) is 0 Å². The normalized spacial score (nSPS) is 9.95. The Kier molecular flexibility index (Phi) is 4.03. The van der Waals surface area contributed by atoms with Crippen LogP contribution in [-0.2, 0) is 11.2 Å². The van der Waals surface area contributed by atoms with Crippen LogP contribution in [-0.4, -0.2) is 23.8 Å². The van der Waals surface area contributed by atoms with E-state index >= 15 is 0 Å². The maximum atomic E-state index is 12.0. The van der Waals surface area contributed by atoms with E-state index in [2.05, 4.69) is 9.72 Å². The van der Waals surface area contributed by atoms with Crippen molar-refractivity contribution in [1.29, 1.82) is 0 Å². The Morgan fingerprint density at radius 3 is 2.37 bits per heavy atom. The summed E-state index contributed by atoms with van der Waals surface area (Å²) in [7, 11) is 1.32. The second-order valence-corrected chi connectivity index (χ2v) is 4.03.